The molecule has 4 aromatic carbocycles. The molecule has 0 spiro atoms. The molecule has 4 rings (SSSR count). The number of anilines is 1. The van der Waals surface area contributed by atoms with Crippen molar-refractivity contribution in [1.82, 2.24) is 10.2 Å². The average Bonchev–Trinajstić information content (AvgIpc) is 2.96. The maximum Gasteiger partial charge on any atom is 0.408 e. The average molecular weight is 596 g/mol. The van der Waals surface area contributed by atoms with Crippen LogP contribution < -0.4 is 10.6 Å². The van der Waals surface area contributed by atoms with Crippen molar-refractivity contribution in [3.05, 3.63) is 107 Å². The van der Waals surface area contributed by atoms with Gasteiger partial charge in [0.25, 0.3) is 5.91 Å². The molecule has 0 aliphatic rings. The van der Waals surface area contributed by atoms with E-state index in [0.29, 0.717) is 11.3 Å². The Morgan fingerprint density at radius 1 is 0.886 bits per heavy atom. The monoisotopic (exact) mass is 595 g/mol. The Hall–Kier alpha value is -4.85. The number of fused-ring (bicyclic) bond motifs is 1. The van der Waals surface area contributed by atoms with E-state index in [-0.39, 0.29) is 24.6 Å². The van der Waals surface area contributed by atoms with Gasteiger partial charge >= 0.3 is 6.09 Å². The van der Waals surface area contributed by atoms with E-state index in [0.717, 1.165) is 27.5 Å². The molecule has 0 bridgehead atoms. The predicted octanol–water partition coefficient (Wildman–Crippen LogP) is 6.83. The second-order valence-corrected chi connectivity index (χ2v) is 12.0. The zero-order chi connectivity index (χ0) is 32.0. The second-order valence-electron chi connectivity index (χ2n) is 12.0. The second kappa shape index (κ2) is 13.6. The van der Waals surface area contributed by atoms with Crippen LogP contribution in [0, 0.1) is 13.8 Å². The lowest BCUT2D eigenvalue weighted by molar-refractivity contribution is -0.140. The molecule has 2 atom stereocenters. The van der Waals surface area contributed by atoms with Gasteiger partial charge in [0.2, 0.25) is 5.91 Å². The van der Waals surface area contributed by atoms with Crippen LogP contribution in [0.3, 0.4) is 0 Å². The maximum atomic E-state index is 14.4. The van der Waals surface area contributed by atoms with Crippen molar-refractivity contribution >= 4 is 34.4 Å². The molecule has 0 aliphatic carbocycles. The molecule has 8 heteroatoms. The van der Waals surface area contributed by atoms with Gasteiger partial charge in [-0.15, -0.1) is 0 Å². The highest BCUT2D eigenvalue weighted by Crippen LogP contribution is 2.29. The van der Waals surface area contributed by atoms with Crippen LogP contribution in [0.1, 0.15) is 56.0 Å². The summed E-state index contributed by atoms with van der Waals surface area (Å²) < 4.78 is 5.49. The number of nitrogens with one attached hydrogen (secondary N) is 2. The Kier molecular flexibility index (Phi) is 9.94. The summed E-state index contributed by atoms with van der Waals surface area (Å²) in [7, 11) is 0. The summed E-state index contributed by atoms with van der Waals surface area (Å²) in [5.74, 6) is -0.719. The summed E-state index contributed by atoms with van der Waals surface area (Å²) >= 11 is 0. The number of amides is 3. The van der Waals surface area contributed by atoms with Crippen LogP contribution in [-0.2, 0) is 20.7 Å². The van der Waals surface area contributed by atoms with E-state index in [1.807, 2.05) is 81.4 Å². The molecular weight excluding hydrogens is 554 g/mol. The van der Waals surface area contributed by atoms with E-state index in [2.05, 4.69) is 10.6 Å². The van der Waals surface area contributed by atoms with Gasteiger partial charge in [-0.1, -0.05) is 66.2 Å². The summed E-state index contributed by atoms with van der Waals surface area (Å²) in [6.45, 7) is 11.1. The number of aryl methyl sites for hydroxylation is 2. The molecule has 0 radical (unpaired) electrons. The Morgan fingerprint density at radius 3 is 2.23 bits per heavy atom. The fourth-order valence-electron chi connectivity index (χ4n) is 5.17. The van der Waals surface area contributed by atoms with Crippen molar-refractivity contribution in [2.45, 2.75) is 65.6 Å². The largest absolute Gasteiger partial charge is 0.508 e. The quantitative estimate of drug-likeness (QED) is 0.197. The minimum atomic E-state index is -1.05. The van der Waals surface area contributed by atoms with Gasteiger partial charge in [-0.2, -0.15) is 0 Å². The van der Waals surface area contributed by atoms with E-state index >= 15 is 0 Å². The highest BCUT2D eigenvalue weighted by Gasteiger charge is 2.36. The standard InChI is InChI=1S/C36H41N3O5/c1-7-39(34(42)31(38-35(43)44-36(4,5)6)21-25-14-18-29(40)19-15-25)32(30-20-23(2)12-13-24(30)3)33(41)37-28-17-16-26-10-8-9-11-27(26)22-28/h8-20,22,31-32,40H,7,21H2,1-6H3,(H,37,41)(H,38,43). The van der Waals surface area contributed by atoms with Gasteiger partial charge in [-0.25, -0.2) is 4.79 Å². The lowest BCUT2D eigenvalue weighted by atomic mass is 9.95. The number of benzene rings is 4. The SMILES string of the molecule is CCN(C(=O)C(Cc1ccc(O)cc1)NC(=O)OC(C)(C)C)C(C(=O)Nc1ccc2ccccc2c1)c1cc(C)ccc1C. The van der Waals surface area contributed by atoms with Crippen LogP contribution in [0.2, 0.25) is 0 Å². The first-order chi connectivity index (χ1) is 20.8. The highest BCUT2D eigenvalue weighted by molar-refractivity contribution is 6.00. The number of hydrogen-bond donors (Lipinski definition) is 3. The van der Waals surface area contributed by atoms with Gasteiger partial charge in [-0.3, -0.25) is 9.59 Å². The number of ether oxygens (including phenoxy) is 1. The van der Waals surface area contributed by atoms with Crippen LogP contribution in [0.4, 0.5) is 10.5 Å². The van der Waals surface area contributed by atoms with Crippen molar-refractivity contribution in [2.75, 3.05) is 11.9 Å². The van der Waals surface area contributed by atoms with Gasteiger partial charge < -0.3 is 25.4 Å². The van der Waals surface area contributed by atoms with Crippen molar-refractivity contribution in [3.8, 4) is 5.75 Å². The van der Waals surface area contributed by atoms with Crippen LogP contribution in [-0.4, -0.2) is 46.1 Å². The molecule has 230 valence electrons. The number of hydrogen-bond acceptors (Lipinski definition) is 5. The minimum absolute atomic E-state index is 0.0901. The van der Waals surface area contributed by atoms with Gasteiger partial charge in [0, 0.05) is 18.7 Å². The summed E-state index contributed by atoms with van der Waals surface area (Å²) in [6, 6.07) is 23.8. The zero-order valence-electron chi connectivity index (χ0n) is 26.2. The topological polar surface area (TPSA) is 108 Å². The van der Waals surface area contributed by atoms with Crippen LogP contribution in [0.25, 0.3) is 10.8 Å². The van der Waals surface area contributed by atoms with Crippen LogP contribution in [0.15, 0.2) is 84.9 Å². The number of rotatable bonds is 9. The molecule has 8 nitrogen and oxygen atoms in total. The molecule has 0 heterocycles. The van der Waals surface area contributed by atoms with Crippen molar-refractivity contribution in [2.24, 2.45) is 0 Å². The lowest BCUT2D eigenvalue weighted by Crippen LogP contribution is -2.53. The Balaban J connectivity index is 1.73. The van der Waals surface area contributed by atoms with Gasteiger partial charge in [-0.05, 0) is 93.3 Å². The third-order valence-corrected chi connectivity index (χ3v) is 7.30. The summed E-state index contributed by atoms with van der Waals surface area (Å²) in [6.07, 6.45) is -0.615. The van der Waals surface area contributed by atoms with E-state index < -0.39 is 29.7 Å². The predicted molar refractivity (Wildman–Crippen MR) is 174 cm³/mol. The van der Waals surface area contributed by atoms with E-state index in [9.17, 15) is 19.5 Å². The molecule has 44 heavy (non-hydrogen) atoms. The zero-order valence-corrected chi connectivity index (χ0v) is 26.2. The molecule has 2 unspecified atom stereocenters. The molecule has 4 aromatic rings. The highest BCUT2D eigenvalue weighted by atomic mass is 16.6. The fourth-order valence-corrected chi connectivity index (χ4v) is 5.17. The number of carbonyl (C=O) groups is 3. The summed E-state index contributed by atoms with van der Waals surface area (Å²) in [5.41, 5.74) is 3.05. The normalized spacial score (nSPS) is 12.7. The van der Waals surface area contributed by atoms with Gasteiger partial charge in [0.05, 0.1) is 0 Å². The van der Waals surface area contributed by atoms with E-state index in [1.165, 1.54) is 17.0 Å². The molecule has 3 N–H and O–H groups in total. The lowest BCUT2D eigenvalue weighted by Gasteiger charge is -2.34. The van der Waals surface area contributed by atoms with E-state index in [4.69, 9.17) is 4.74 Å². The number of alkyl carbamates (subject to hydrolysis) is 1. The van der Waals surface area contributed by atoms with Crippen LogP contribution in [0.5, 0.6) is 5.75 Å². The van der Waals surface area contributed by atoms with Gasteiger partial charge in [0.15, 0.2) is 0 Å². The fraction of sp³-hybridized carbons (Fsp3) is 0.306. The number of likely N-dealkylation sites (N-methyl/N-ethyl adjacent to an activating group) is 1. The number of aromatic hydroxyl groups is 1. The Labute approximate surface area is 259 Å². The van der Waals surface area contributed by atoms with Gasteiger partial charge in [0.1, 0.15) is 23.4 Å². The Bertz CT molecular complexity index is 1640. The molecule has 3 amide bonds. The van der Waals surface area contributed by atoms with Crippen LogP contribution >= 0.6 is 0 Å². The number of carbonyl (C=O) groups excluding carboxylic acids is 3. The summed E-state index contributed by atoms with van der Waals surface area (Å²) in [4.78, 5) is 43.0. The smallest absolute Gasteiger partial charge is 0.408 e. The first kappa shape index (κ1) is 32.1. The van der Waals surface area contributed by atoms with E-state index in [1.54, 1.807) is 32.9 Å². The van der Waals surface area contributed by atoms with Crippen molar-refractivity contribution in [1.29, 1.82) is 0 Å². The molecule has 0 saturated carbocycles. The third-order valence-electron chi connectivity index (χ3n) is 7.30. The number of phenolic OH excluding ortho intramolecular Hbond substituents is 1. The molecule has 0 aliphatic heterocycles. The molecular formula is C36H41N3O5. The Morgan fingerprint density at radius 2 is 1.57 bits per heavy atom. The molecule has 0 fully saturated rings. The minimum Gasteiger partial charge on any atom is -0.508 e. The van der Waals surface area contributed by atoms with Crippen molar-refractivity contribution in [3.63, 3.8) is 0 Å². The first-order valence-corrected chi connectivity index (χ1v) is 14.8. The maximum absolute atomic E-state index is 14.4. The number of nitrogens with zero attached hydrogens (tertiary/aromatic N) is 1. The number of phenols is 1. The summed E-state index contributed by atoms with van der Waals surface area (Å²) in [5, 5.41) is 17.6. The first-order valence-electron chi connectivity index (χ1n) is 14.8. The molecule has 0 aromatic heterocycles. The third kappa shape index (κ3) is 8.16. The molecule has 0 saturated heterocycles. The van der Waals surface area contributed by atoms with Crippen molar-refractivity contribution < 1.29 is 24.2 Å².